The smallest absolute Gasteiger partial charge is 0.339 e. The topological polar surface area (TPSA) is 72.1 Å². The van der Waals surface area contributed by atoms with Crippen LogP contribution in [0.25, 0.3) is 17.4 Å². The van der Waals surface area contributed by atoms with Gasteiger partial charge in [0.05, 0.1) is 34.2 Å². The van der Waals surface area contributed by atoms with Crippen molar-refractivity contribution in [3.05, 3.63) is 82.6 Å². The number of benzene rings is 2. The highest BCUT2D eigenvalue weighted by molar-refractivity contribution is 6.33. The number of rotatable bonds is 6. The molecule has 7 heteroatoms. The van der Waals surface area contributed by atoms with Crippen molar-refractivity contribution in [2.45, 2.75) is 20.8 Å². The number of carbonyl (C=O) groups excluding carboxylic acids is 2. The van der Waals surface area contributed by atoms with E-state index in [1.54, 1.807) is 43.3 Å². The summed E-state index contributed by atoms with van der Waals surface area (Å²) >= 11 is 6.21. The van der Waals surface area contributed by atoms with Gasteiger partial charge in [0.2, 0.25) is 0 Å². The van der Waals surface area contributed by atoms with Crippen molar-refractivity contribution in [1.29, 1.82) is 0 Å². The fourth-order valence-corrected chi connectivity index (χ4v) is 3.51. The lowest BCUT2D eigenvalue weighted by atomic mass is 10.1. The maximum Gasteiger partial charge on any atom is 0.339 e. The first-order valence-electron chi connectivity index (χ1n) is 10.6. The Labute approximate surface area is 197 Å². The maximum atomic E-state index is 12.9. The molecule has 2 aromatic carbocycles. The van der Waals surface area contributed by atoms with Crippen molar-refractivity contribution < 1.29 is 18.7 Å². The van der Waals surface area contributed by atoms with Crippen LogP contribution in [-0.4, -0.2) is 24.2 Å². The van der Waals surface area contributed by atoms with Gasteiger partial charge < -0.3 is 9.15 Å². The van der Waals surface area contributed by atoms with E-state index in [-0.39, 0.29) is 17.4 Å². The molecule has 0 fully saturated rings. The number of hydrazone groups is 1. The Morgan fingerprint density at radius 2 is 1.91 bits per heavy atom. The fraction of sp³-hybridized carbons (Fsp3) is 0.192. The molecule has 2 heterocycles. The zero-order valence-electron chi connectivity index (χ0n) is 18.5. The number of anilines is 1. The molecule has 1 amide bonds. The van der Waals surface area contributed by atoms with Crippen LogP contribution in [-0.2, 0) is 9.53 Å². The van der Waals surface area contributed by atoms with Gasteiger partial charge in [-0.2, -0.15) is 10.1 Å². The summed E-state index contributed by atoms with van der Waals surface area (Å²) in [4.78, 5) is 25.3. The Balaban J connectivity index is 1.57. The molecule has 0 atom stereocenters. The van der Waals surface area contributed by atoms with Crippen LogP contribution in [0.1, 0.15) is 36.9 Å². The highest BCUT2D eigenvalue weighted by Gasteiger charge is 2.29. The highest BCUT2D eigenvalue weighted by Crippen LogP contribution is 2.30. The molecule has 1 aliphatic rings. The van der Waals surface area contributed by atoms with Gasteiger partial charge in [0.15, 0.2) is 0 Å². The summed E-state index contributed by atoms with van der Waals surface area (Å²) in [6.45, 7) is 6.02. The van der Waals surface area contributed by atoms with E-state index in [4.69, 9.17) is 20.8 Å². The molecule has 4 rings (SSSR count). The fourth-order valence-electron chi connectivity index (χ4n) is 3.31. The van der Waals surface area contributed by atoms with E-state index < -0.39 is 5.97 Å². The number of esters is 1. The van der Waals surface area contributed by atoms with Gasteiger partial charge in [-0.25, -0.2) is 4.79 Å². The molecule has 0 aliphatic carbocycles. The first kappa shape index (κ1) is 22.6. The SMILES string of the molecule is CC1=NN(c2ccccc2)C(=O)/C1=C\c1ccc(-c2ccc(Cl)c(C(=O)OCC(C)C)c2)o1. The monoisotopic (exact) mass is 462 g/mol. The van der Waals surface area contributed by atoms with Crippen LogP contribution < -0.4 is 5.01 Å². The summed E-state index contributed by atoms with van der Waals surface area (Å²) in [7, 11) is 0. The standard InChI is InChI=1S/C26H23ClN2O4/c1-16(2)15-32-26(31)22-13-18(9-11-23(22)27)24-12-10-20(33-24)14-21-17(3)28-29(25(21)30)19-7-5-4-6-8-19/h4-14,16H,15H2,1-3H3/b21-14-. The second-order valence-electron chi connectivity index (χ2n) is 8.08. The lowest BCUT2D eigenvalue weighted by molar-refractivity contribution is -0.114. The number of hydrogen-bond donors (Lipinski definition) is 0. The van der Waals surface area contributed by atoms with Gasteiger partial charge in [-0.1, -0.05) is 43.6 Å². The predicted octanol–water partition coefficient (Wildman–Crippen LogP) is 6.22. The van der Waals surface area contributed by atoms with Crippen LogP contribution in [0.3, 0.4) is 0 Å². The van der Waals surface area contributed by atoms with E-state index in [1.807, 2.05) is 44.2 Å². The zero-order chi connectivity index (χ0) is 23.5. The Morgan fingerprint density at radius 3 is 2.64 bits per heavy atom. The van der Waals surface area contributed by atoms with E-state index in [1.165, 1.54) is 5.01 Å². The third-order valence-electron chi connectivity index (χ3n) is 5.00. The van der Waals surface area contributed by atoms with Crippen molar-refractivity contribution in [2.24, 2.45) is 11.0 Å². The zero-order valence-corrected chi connectivity index (χ0v) is 19.3. The van der Waals surface area contributed by atoms with E-state index in [9.17, 15) is 9.59 Å². The first-order valence-corrected chi connectivity index (χ1v) is 10.9. The third-order valence-corrected chi connectivity index (χ3v) is 5.32. The highest BCUT2D eigenvalue weighted by atomic mass is 35.5. The van der Waals surface area contributed by atoms with E-state index >= 15 is 0 Å². The predicted molar refractivity (Wildman–Crippen MR) is 129 cm³/mol. The Morgan fingerprint density at radius 1 is 1.15 bits per heavy atom. The summed E-state index contributed by atoms with van der Waals surface area (Å²) in [5.74, 6) is 0.555. The first-order chi connectivity index (χ1) is 15.8. The lowest BCUT2D eigenvalue weighted by Gasteiger charge is -2.10. The van der Waals surface area contributed by atoms with Gasteiger partial charge >= 0.3 is 5.97 Å². The molecule has 0 saturated carbocycles. The number of furan rings is 1. The van der Waals surface area contributed by atoms with Crippen molar-refractivity contribution in [1.82, 2.24) is 0 Å². The van der Waals surface area contributed by atoms with Crippen molar-refractivity contribution in [2.75, 3.05) is 11.6 Å². The molecule has 0 radical (unpaired) electrons. The number of halogens is 1. The molecule has 0 saturated heterocycles. The largest absolute Gasteiger partial charge is 0.462 e. The Bertz CT molecular complexity index is 1260. The number of nitrogens with zero attached hydrogens (tertiary/aromatic N) is 2. The van der Waals surface area contributed by atoms with Crippen LogP contribution in [0.15, 0.2) is 75.8 Å². The van der Waals surface area contributed by atoms with Crippen molar-refractivity contribution in [3.63, 3.8) is 0 Å². The summed E-state index contributed by atoms with van der Waals surface area (Å²) in [6, 6.07) is 17.8. The molecule has 168 valence electrons. The number of para-hydroxylation sites is 1. The summed E-state index contributed by atoms with van der Waals surface area (Å²) in [5, 5.41) is 6.06. The summed E-state index contributed by atoms with van der Waals surface area (Å²) in [5.41, 5.74) is 2.70. The minimum Gasteiger partial charge on any atom is -0.462 e. The molecule has 6 nitrogen and oxygen atoms in total. The Kier molecular flexibility index (Phi) is 6.47. The van der Waals surface area contributed by atoms with Crippen molar-refractivity contribution in [3.8, 4) is 11.3 Å². The molecular formula is C26H23ClN2O4. The van der Waals surface area contributed by atoms with E-state index in [0.717, 1.165) is 0 Å². The summed E-state index contributed by atoms with van der Waals surface area (Å²) in [6.07, 6.45) is 1.67. The minimum atomic E-state index is -0.478. The molecule has 0 N–H and O–H groups in total. The number of hydrogen-bond acceptors (Lipinski definition) is 5. The normalized spacial score (nSPS) is 14.8. The minimum absolute atomic E-state index is 0.222. The van der Waals surface area contributed by atoms with Crippen LogP contribution in [0.2, 0.25) is 5.02 Å². The average Bonchev–Trinajstić information content (AvgIpc) is 3.38. The summed E-state index contributed by atoms with van der Waals surface area (Å²) < 4.78 is 11.3. The van der Waals surface area contributed by atoms with Crippen LogP contribution >= 0.6 is 11.6 Å². The molecule has 0 spiro atoms. The Hall–Kier alpha value is -3.64. The molecule has 33 heavy (non-hydrogen) atoms. The average molecular weight is 463 g/mol. The van der Waals surface area contributed by atoms with E-state index in [0.29, 0.717) is 45.7 Å². The van der Waals surface area contributed by atoms with Crippen molar-refractivity contribution >= 4 is 41.0 Å². The molecule has 3 aromatic rings. The molecular weight excluding hydrogens is 440 g/mol. The number of ether oxygens (including phenoxy) is 1. The molecule has 1 aliphatic heterocycles. The van der Waals surface area contributed by atoms with Gasteiger partial charge in [-0.3, -0.25) is 4.79 Å². The van der Waals surface area contributed by atoms with Gasteiger partial charge in [-0.15, -0.1) is 0 Å². The van der Waals surface area contributed by atoms with Gasteiger partial charge in [0, 0.05) is 5.56 Å². The molecule has 1 aromatic heterocycles. The number of carbonyl (C=O) groups is 2. The quantitative estimate of drug-likeness (QED) is 0.322. The van der Waals surface area contributed by atoms with Crippen LogP contribution in [0.5, 0.6) is 0 Å². The molecule has 0 unspecified atom stereocenters. The van der Waals surface area contributed by atoms with Crippen LogP contribution in [0, 0.1) is 5.92 Å². The maximum absolute atomic E-state index is 12.9. The lowest BCUT2D eigenvalue weighted by Crippen LogP contribution is -2.21. The van der Waals surface area contributed by atoms with Crippen LogP contribution in [0.4, 0.5) is 5.69 Å². The van der Waals surface area contributed by atoms with E-state index in [2.05, 4.69) is 5.10 Å². The second-order valence-corrected chi connectivity index (χ2v) is 8.49. The third kappa shape index (κ3) is 4.91. The number of amides is 1. The van der Waals surface area contributed by atoms with Gasteiger partial charge in [0.1, 0.15) is 11.5 Å². The molecule has 0 bridgehead atoms. The van der Waals surface area contributed by atoms with Gasteiger partial charge in [0.25, 0.3) is 5.91 Å². The van der Waals surface area contributed by atoms with Gasteiger partial charge in [-0.05, 0) is 61.4 Å². The second kappa shape index (κ2) is 9.46.